The summed E-state index contributed by atoms with van der Waals surface area (Å²) in [5.74, 6) is -0.0903. The Morgan fingerprint density at radius 1 is 0.917 bits per heavy atom. The second-order valence-corrected chi connectivity index (χ2v) is 6.39. The van der Waals surface area contributed by atoms with Crippen LogP contribution in [-0.2, 0) is 22.7 Å². The minimum absolute atomic E-state index is 0.0778. The summed E-state index contributed by atoms with van der Waals surface area (Å²) in [6.07, 6.45) is 0.000385. The topological polar surface area (TPSA) is 64.7 Å². The Balaban J connectivity index is 1.52. The van der Waals surface area contributed by atoms with Gasteiger partial charge in [0.25, 0.3) is 0 Å². The molecule has 0 bridgehead atoms. The first-order chi connectivity index (χ1) is 11.7. The molecule has 1 fully saturated rings. The van der Waals surface area contributed by atoms with Crippen LogP contribution in [0, 0.1) is 5.92 Å². The van der Waals surface area contributed by atoms with Gasteiger partial charge in [-0.2, -0.15) is 0 Å². The maximum atomic E-state index is 10.3. The highest BCUT2D eigenvalue weighted by atomic mass is 16.5. The van der Waals surface area contributed by atoms with Gasteiger partial charge in [-0.15, -0.1) is 0 Å². The Labute approximate surface area is 143 Å². The van der Waals surface area contributed by atoms with E-state index < -0.39 is 6.10 Å². The molecule has 0 heterocycles. The molecule has 24 heavy (non-hydrogen) atoms. The SMILES string of the molecule is NC1CC(OCc2ccccc2)C(COCc2ccccc2)C1O. The number of benzene rings is 2. The molecule has 0 amide bonds. The van der Waals surface area contributed by atoms with Crippen molar-refractivity contribution in [2.24, 2.45) is 11.7 Å². The first-order valence-corrected chi connectivity index (χ1v) is 8.45. The first-order valence-electron chi connectivity index (χ1n) is 8.45. The van der Waals surface area contributed by atoms with Gasteiger partial charge in [-0.1, -0.05) is 60.7 Å². The average Bonchev–Trinajstić information content (AvgIpc) is 2.89. The van der Waals surface area contributed by atoms with Gasteiger partial charge in [-0.25, -0.2) is 0 Å². The van der Waals surface area contributed by atoms with E-state index in [1.54, 1.807) is 0 Å². The molecule has 4 atom stereocenters. The molecule has 2 aromatic carbocycles. The largest absolute Gasteiger partial charge is 0.391 e. The lowest BCUT2D eigenvalue weighted by Gasteiger charge is -2.22. The zero-order valence-corrected chi connectivity index (χ0v) is 13.8. The van der Waals surface area contributed by atoms with Crippen molar-refractivity contribution in [3.63, 3.8) is 0 Å². The third kappa shape index (κ3) is 4.42. The Kier molecular flexibility index (Phi) is 5.99. The van der Waals surface area contributed by atoms with Crippen molar-refractivity contribution in [2.75, 3.05) is 6.61 Å². The molecule has 4 nitrogen and oxygen atoms in total. The number of rotatable bonds is 7. The molecule has 1 saturated carbocycles. The van der Waals surface area contributed by atoms with Gasteiger partial charge >= 0.3 is 0 Å². The molecular weight excluding hydrogens is 302 g/mol. The van der Waals surface area contributed by atoms with Crippen LogP contribution in [0.3, 0.4) is 0 Å². The Hall–Kier alpha value is -1.72. The van der Waals surface area contributed by atoms with Crippen LogP contribution in [0.2, 0.25) is 0 Å². The molecule has 128 valence electrons. The second kappa shape index (κ2) is 8.40. The van der Waals surface area contributed by atoms with Crippen molar-refractivity contribution in [3.8, 4) is 0 Å². The molecular formula is C20H25NO3. The fraction of sp³-hybridized carbons (Fsp3) is 0.400. The minimum Gasteiger partial charge on any atom is -0.391 e. The quantitative estimate of drug-likeness (QED) is 0.820. The van der Waals surface area contributed by atoms with Gasteiger partial charge in [0.2, 0.25) is 0 Å². The Morgan fingerprint density at radius 3 is 2.12 bits per heavy atom. The lowest BCUT2D eigenvalue weighted by Crippen LogP contribution is -2.35. The highest BCUT2D eigenvalue weighted by molar-refractivity contribution is 5.14. The highest BCUT2D eigenvalue weighted by Gasteiger charge is 2.41. The van der Waals surface area contributed by atoms with E-state index in [0.29, 0.717) is 26.2 Å². The van der Waals surface area contributed by atoms with Gasteiger partial charge in [-0.3, -0.25) is 0 Å². The van der Waals surface area contributed by atoms with Crippen molar-refractivity contribution < 1.29 is 14.6 Å². The van der Waals surface area contributed by atoms with Crippen LogP contribution >= 0.6 is 0 Å². The van der Waals surface area contributed by atoms with E-state index in [1.807, 2.05) is 60.7 Å². The lowest BCUT2D eigenvalue weighted by atomic mass is 10.0. The summed E-state index contributed by atoms with van der Waals surface area (Å²) in [6.45, 7) is 1.51. The van der Waals surface area contributed by atoms with E-state index >= 15 is 0 Å². The number of hydrogen-bond donors (Lipinski definition) is 2. The van der Waals surface area contributed by atoms with Gasteiger partial charge in [-0.05, 0) is 17.5 Å². The zero-order valence-electron chi connectivity index (χ0n) is 13.8. The highest BCUT2D eigenvalue weighted by Crippen LogP contribution is 2.29. The number of nitrogens with two attached hydrogens (primary N) is 1. The summed E-state index contributed by atoms with van der Waals surface area (Å²) in [6, 6.07) is 19.8. The van der Waals surface area contributed by atoms with Crippen LogP contribution < -0.4 is 5.73 Å². The molecule has 0 aromatic heterocycles. The fourth-order valence-corrected chi connectivity index (χ4v) is 3.18. The summed E-state index contributed by atoms with van der Waals surface area (Å²) in [7, 11) is 0. The van der Waals surface area contributed by atoms with Crippen LogP contribution in [0.4, 0.5) is 0 Å². The third-order valence-corrected chi connectivity index (χ3v) is 4.59. The van der Waals surface area contributed by atoms with E-state index in [2.05, 4.69) is 0 Å². The van der Waals surface area contributed by atoms with Crippen LogP contribution in [0.5, 0.6) is 0 Å². The monoisotopic (exact) mass is 327 g/mol. The molecule has 3 rings (SSSR count). The van der Waals surface area contributed by atoms with Gasteiger partial charge in [0, 0.05) is 12.0 Å². The summed E-state index contributed by atoms with van der Waals surface area (Å²) in [5.41, 5.74) is 8.27. The second-order valence-electron chi connectivity index (χ2n) is 6.39. The van der Waals surface area contributed by atoms with Crippen LogP contribution in [0.15, 0.2) is 60.7 Å². The van der Waals surface area contributed by atoms with Crippen LogP contribution in [0.1, 0.15) is 17.5 Å². The van der Waals surface area contributed by atoms with Gasteiger partial charge in [0.15, 0.2) is 0 Å². The molecule has 0 spiro atoms. The Morgan fingerprint density at radius 2 is 1.50 bits per heavy atom. The number of hydrogen-bond acceptors (Lipinski definition) is 4. The van der Waals surface area contributed by atoms with E-state index in [9.17, 15) is 5.11 Å². The first kappa shape index (κ1) is 17.1. The van der Waals surface area contributed by atoms with E-state index in [-0.39, 0.29) is 18.1 Å². The van der Waals surface area contributed by atoms with Crippen molar-refractivity contribution in [1.82, 2.24) is 0 Å². The smallest absolute Gasteiger partial charge is 0.0767 e. The van der Waals surface area contributed by atoms with E-state index in [0.717, 1.165) is 11.1 Å². The predicted molar refractivity (Wildman–Crippen MR) is 93.2 cm³/mol. The number of ether oxygens (including phenoxy) is 2. The predicted octanol–water partition coefficient (Wildman–Crippen LogP) is 2.50. The molecule has 1 aliphatic carbocycles. The van der Waals surface area contributed by atoms with Crippen molar-refractivity contribution in [2.45, 2.75) is 37.9 Å². The average molecular weight is 327 g/mol. The van der Waals surface area contributed by atoms with Gasteiger partial charge in [0.05, 0.1) is 32.0 Å². The molecule has 0 aliphatic heterocycles. The van der Waals surface area contributed by atoms with Crippen molar-refractivity contribution in [1.29, 1.82) is 0 Å². The van der Waals surface area contributed by atoms with Gasteiger partial charge < -0.3 is 20.3 Å². The maximum absolute atomic E-state index is 10.3. The summed E-state index contributed by atoms with van der Waals surface area (Å²) in [5, 5.41) is 10.3. The van der Waals surface area contributed by atoms with Gasteiger partial charge in [0.1, 0.15) is 0 Å². The molecule has 4 unspecified atom stereocenters. The molecule has 0 radical (unpaired) electrons. The lowest BCUT2D eigenvalue weighted by molar-refractivity contribution is -0.0465. The number of aliphatic hydroxyl groups excluding tert-OH is 1. The van der Waals surface area contributed by atoms with E-state index in [1.165, 1.54) is 0 Å². The molecule has 4 heteroatoms. The van der Waals surface area contributed by atoms with E-state index in [4.69, 9.17) is 15.2 Å². The molecule has 2 aromatic rings. The zero-order chi connectivity index (χ0) is 16.8. The molecule has 1 aliphatic rings. The summed E-state index contributed by atoms with van der Waals surface area (Å²) in [4.78, 5) is 0. The van der Waals surface area contributed by atoms with Crippen molar-refractivity contribution in [3.05, 3.63) is 71.8 Å². The maximum Gasteiger partial charge on any atom is 0.0767 e. The third-order valence-electron chi connectivity index (χ3n) is 4.59. The fourth-order valence-electron chi connectivity index (χ4n) is 3.18. The van der Waals surface area contributed by atoms with Crippen molar-refractivity contribution >= 4 is 0 Å². The normalized spacial score (nSPS) is 26.6. The minimum atomic E-state index is -0.582. The molecule has 3 N–H and O–H groups in total. The summed E-state index contributed by atoms with van der Waals surface area (Å²) < 4.78 is 11.8. The Bertz CT molecular complexity index is 605. The summed E-state index contributed by atoms with van der Waals surface area (Å²) >= 11 is 0. The van der Waals surface area contributed by atoms with Crippen LogP contribution in [-0.4, -0.2) is 30.0 Å². The number of aliphatic hydroxyl groups is 1. The standard InChI is InChI=1S/C20H25NO3/c21-18-11-19(24-13-16-9-5-2-6-10-16)17(20(18)22)14-23-12-15-7-3-1-4-8-15/h1-10,17-20,22H,11-14,21H2. The van der Waals surface area contributed by atoms with Crippen LogP contribution in [0.25, 0.3) is 0 Å². The molecule has 0 saturated heterocycles.